The van der Waals surface area contributed by atoms with Crippen LogP contribution in [0.3, 0.4) is 0 Å². The molecule has 1 N–H and O–H groups in total. The lowest BCUT2D eigenvalue weighted by molar-refractivity contribution is 0.0950. The first-order valence-corrected chi connectivity index (χ1v) is 7.35. The Morgan fingerprint density at radius 3 is 3.00 bits per heavy atom. The molecule has 1 heterocycles. The molecule has 0 aromatic carbocycles. The smallest absolute Gasteiger partial charge is 0.252 e. The van der Waals surface area contributed by atoms with Crippen molar-refractivity contribution in [2.75, 3.05) is 20.1 Å². The SMILES string of the molecule is CN(CCNC(=O)c1csc(I)c1)C1CC1. The molecule has 16 heavy (non-hydrogen) atoms. The van der Waals surface area contributed by atoms with Crippen molar-refractivity contribution in [2.24, 2.45) is 0 Å². The van der Waals surface area contributed by atoms with E-state index in [0.29, 0.717) is 0 Å². The number of halogens is 1. The van der Waals surface area contributed by atoms with E-state index in [2.05, 4.69) is 39.9 Å². The normalized spacial score (nSPS) is 15.4. The summed E-state index contributed by atoms with van der Waals surface area (Å²) >= 11 is 3.83. The van der Waals surface area contributed by atoms with Crippen molar-refractivity contribution in [3.05, 3.63) is 19.9 Å². The summed E-state index contributed by atoms with van der Waals surface area (Å²) in [6, 6.07) is 2.68. The molecule has 3 nitrogen and oxygen atoms in total. The van der Waals surface area contributed by atoms with Gasteiger partial charge in [-0.25, -0.2) is 0 Å². The molecule has 0 spiro atoms. The number of likely N-dealkylation sites (N-methyl/N-ethyl adjacent to an activating group) is 1. The molecule has 5 heteroatoms. The summed E-state index contributed by atoms with van der Waals surface area (Å²) in [5.74, 6) is 0.0448. The zero-order valence-corrected chi connectivity index (χ0v) is 12.2. The van der Waals surface area contributed by atoms with Gasteiger partial charge in [0, 0.05) is 24.5 Å². The minimum absolute atomic E-state index is 0.0448. The lowest BCUT2D eigenvalue weighted by Crippen LogP contribution is -2.33. The molecular weight excluding hydrogens is 335 g/mol. The first kappa shape index (κ1) is 12.3. The molecule has 1 aromatic rings. The Morgan fingerprint density at radius 1 is 1.69 bits per heavy atom. The Balaban J connectivity index is 1.71. The second-order valence-electron chi connectivity index (χ2n) is 4.11. The maximum atomic E-state index is 11.7. The van der Waals surface area contributed by atoms with Crippen LogP contribution in [0, 0.1) is 2.88 Å². The van der Waals surface area contributed by atoms with Gasteiger partial charge in [0.15, 0.2) is 0 Å². The Labute approximate surface area is 113 Å². The average molecular weight is 350 g/mol. The second-order valence-corrected chi connectivity index (χ2v) is 6.91. The van der Waals surface area contributed by atoms with Crippen LogP contribution in [0.5, 0.6) is 0 Å². The van der Waals surface area contributed by atoms with E-state index in [4.69, 9.17) is 0 Å². The van der Waals surface area contributed by atoms with E-state index in [1.807, 2.05) is 11.4 Å². The quantitative estimate of drug-likeness (QED) is 0.826. The van der Waals surface area contributed by atoms with Gasteiger partial charge in [0.25, 0.3) is 5.91 Å². The van der Waals surface area contributed by atoms with Crippen molar-refractivity contribution in [1.82, 2.24) is 10.2 Å². The molecule has 1 aliphatic carbocycles. The van der Waals surface area contributed by atoms with Crippen molar-refractivity contribution in [3.8, 4) is 0 Å². The molecule has 1 aromatic heterocycles. The predicted molar refractivity (Wildman–Crippen MR) is 75.0 cm³/mol. The Hall–Kier alpha value is -0.140. The molecule has 1 aliphatic rings. The zero-order valence-electron chi connectivity index (χ0n) is 9.20. The van der Waals surface area contributed by atoms with Gasteiger partial charge in [-0.05, 0) is 48.5 Å². The van der Waals surface area contributed by atoms with Crippen LogP contribution in [0.2, 0.25) is 0 Å². The van der Waals surface area contributed by atoms with Gasteiger partial charge in [0.1, 0.15) is 0 Å². The highest BCUT2D eigenvalue weighted by atomic mass is 127. The van der Waals surface area contributed by atoms with E-state index in [0.717, 1.165) is 27.6 Å². The Kier molecular flexibility index (Phi) is 4.21. The van der Waals surface area contributed by atoms with Crippen LogP contribution in [0.4, 0.5) is 0 Å². The number of carbonyl (C=O) groups excluding carboxylic acids is 1. The van der Waals surface area contributed by atoms with Crippen LogP contribution in [0.25, 0.3) is 0 Å². The topological polar surface area (TPSA) is 32.3 Å². The third-order valence-electron chi connectivity index (χ3n) is 2.75. The lowest BCUT2D eigenvalue weighted by atomic mass is 10.3. The fourth-order valence-electron chi connectivity index (χ4n) is 1.57. The molecule has 0 aliphatic heterocycles. The maximum absolute atomic E-state index is 11.7. The van der Waals surface area contributed by atoms with E-state index in [1.165, 1.54) is 12.8 Å². The third kappa shape index (κ3) is 3.43. The van der Waals surface area contributed by atoms with Gasteiger partial charge in [-0.1, -0.05) is 0 Å². The van der Waals surface area contributed by atoms with Crippen LogP contribution in [0.15, 0.2) is 11.4 Å². The molecular formula is C11H15IN2OS. The van der Waals surface area contributed by atoms with Crippen molar-refractivity contribution >= 4 is 39.8 Å². The number of carbonyl (C=O) groups is 1. The van der Waals surface area contributed by atoms with Crippen LogP contribution < -0.4 is 5.32 Å². The Morgan fingerprint density at radius 2 is 2.44 bits per heavy atom. The largest absolute Gasteiger partial charge is 0.351 e. The molecule has 0 unspecified atom stereocenters. The van der Waals surface area contributed by atoms with Crippen molar-refractivity contribution in [1.29, 1.82) is 0 Å². The highest BCUT2D eigenvalue weighted by molar-refractivity contribution is 14.1. The predicted octanol–water partition coefficient (Wildman–Crippen LogP) is 2.18. The summed E-state index contributed by atoms with van der Waals surface area (Å²) in [6.45, 7) is 1.68. The van der Waals surface area contributed by atoms with Gasteiger partial charge >= 0.3 is 0 Å². The van der Waals surface area contributed by atoms with Gasteiger partial charge < -0.3 is 10.2 Å². The summed E-state index contributed by atoms with van der Waals surface area (Å²) < 4.78 is 1.15. The molecule has 0 saturated heterocycles. The average Bonchev–Trinajstić information content (AvgIpc) is 3.01. The van der Waals surface area contributed by atoms with E-state index in [1.54, 1.807) is 11.3 Å². The molecule has 1 amide bonds. The molecule has 1 fully saturated rings. The first-order chi connectivity index (χ1) is 7.66. The van der Waals surface area contributed by atoms with Crippen LogP contribution in [-0.2, 0) is 0 Å². The first-order valence-electron chi connectivity index (χ1n) is 5.39. The molecule has 2 rings (SSSR count). The summed E-state index contributed by atoms with van der Waals surface area (Å²) in [4.78, 5) is 14.0. The third-order valence-corrected chi connectivity index (χ3v) is 4.54. The highest BCUT2D eigenvalue weighted by Gasteiger charge is 2.25. The molecule has 1 saturated carbocycles. The fourth-order valence-corrected chi connectivity index (χ4v) is 2.90. The maximum Gasteiger partial charge on any atom is 0.252 e. The number of thiophene rings is 1. The van der Waals surface area contributed by atoms with Crippen molar-refractivity contribution in [3.63, 3.8) is 0 Å². The van der Waals surface area contributed by atoms with Gasteiger partial charge in [0.2, 0.25) is 0 Å². The number of hydrogen-bond donors (Lipinski definition) is 1. The monoisotopic (exact) mass is 350 g/mol. The minimum Gasteiger partial charge on any atom is -0.351 e. The molecule has 0 radical (unpaired) electrons. The lowest BCUT2D eigenvalue weighted by Gasteiger charge is -2.15. The van der Waals surface area contributed by atoms with Crippen LogP contribution in [0.1, 0.15) is 23.2 Å². The molecule has 0 bridgehead atoms. The zero-order chi connectivity index (χ0) is 11.5. The summed E-state index contributed by atoms with van der Waals surface area (Å²) in [6.07, 6.45) is 2.63. The van der Waals surface area contributed by atoms with Crippen LogP contribution in [-0.4, -0.2) is 37.0 Å². The summed E-state index contributed by atoms with van der Waals surface area (Å²) in [5.41, 5.74) is 0.781. The van der Waals surface area contributed by atoms with Crippen molar-refractivity contribution in [2.45, 2.75) is 18.9 Å². The number of hydrogen-bond acceptors (Lipinski definition) is 3. The van der Waals surface area contributed by atoms with Crippen LogP contribution >= 0.6 is 33.9 Å². The van der Waals surface area contributed by atoms with Gasteiger partial charge in [-0.15, -0.1) is 11.3 Å². The fraction of sp³-hybridized carbons (Fsp3) is 0.545. The Bertz CT molecular complexity index is 376. The number of amides is 1. The molecule has 0 atom stereocenters. The number of nitrogens with one attached hydrogen (secondary N) is 1. The van der Waals surface area contributed by atoms with Gasteiger partial charge in [-0.3, -0.25) is 4.79 Å². The van der Waals surface area contributed by atoms with E-state index in [-0.39, 0.29) is 5.91 Å². The summed E-state index contributed by atoms with van der Waals surface area (Å²) in [5, 5.41) is 4.85. The standard InChI is InChI=1S/C11H15IN2OS/c1-14(9-2-3-9)5-4-13-11(15)8-6-10(12)16-7-8/h6-7,9H,2-5H2,1H3,(H,13,15). The highest BCUT2D eigenvalue weighted by Crippen LogP contribution is 2.24. The molecule has 88 valence electrons. The van der Waals surface area contributed by atoms with Gasteiger partial charge in [0.05, 0.1) is 8.45 Å². The summed E-state index contributed by atoms with van der Waals surface area (Å²) in [7, 11) is 2.12. The van der Waals surface area contributed by atoms with E-state index in [9.17, 15) is 4.79 Å². The number of nitrogens with zero attached hydrogens (tertiary/aromatic N) is 1. The second kappa shape index (κ2) is 5.46. The minimum atomic E-state index is 0.0448. The number of rotatable bonds is 5. The van der Waals surface area contributed by atoms with E-state index >= 15 is 0 Å². The van der Waals surface area contributed by atoms with Crippen molar-refractivity contribution < 1.29 is 4.79 Å². The van der Waals surface area contributed by atoms with E-state index < -0.39 is 0 Å². The van der Waals surface area contributed by atoms with Gasteiger partial charge in [-0.2, -0.15) is 0 Å².